The Morgan fingerprint density at radius 2 is 1.86 bits per heavy atom. The number of piperidine rings is 1. The molecule has 1 aromatic rings. The maximum Gasteiger partial charge on any atom is 0.244 e. The molecule has 0 amide bonds. The molecular weight excluding hydrogens is 308 g/mol. The van der Waals surface area contributed by atoms with Gasteiger partial charge in [-0.15, -0.1) is 0 Å². The Kier molecular flexibility index (Phi) is 4.17. The Morgan fingerprint density at radius 1 is 1.14 bits per heavy atom. The maximum atomic E-state index is 13.0. The van der Waals surface area contributed by atoms with Gasteiger partial charge in [-0.3, -0.25) is 0 Å². The van der Waals surface area contributed by atoms with Crippen LogP contribution in [0.5, 0.6) is 0 Å². The van der Waals surface area contributed by atoms with Gasteiger partial charge in [0.15, 0.2) is 0 Å². The van der Waals surface area contributed by atoms with Gasteiger partial charge < -0.3 is 5.73 Å². The van der Waals surface area contributed by atoms with E-state index in [9.17, 15) is 8.42 Å². The van der Waals surface area contributed by atoms with Crippen molar-refractivity contribution < 1.29 is 8.42 Å². The topological polar surface area (TPSA) is 63.4 Å². The lowest BCUT2D eigenvalue weighted by Crippen LogP contribution is -2.49. The molecule has 3 rings (SSSR count). The van der Waals surface area contributed by atoms with Gasteiger partial charge in [0, 0.05) is 18.3 Å². The summed E-state index contributed by atoms with van der Waals surface area (Å²) in [5.41, 5.74) is 6.17. The molecule has 1 aromatic carbocycles. The van der Waals surface area contributed by atoms with E-state index in [4.69, 9.17) is 17.3 Å². The molecule has 116 valence electrons. The average Bonchev–Trinajstić information content (AvgIpc) is 2.49. The molecule has 0 bridgehead atoms. The van der Waals surface area contributed by atoms with Crippen LogP contribution in [-0.2, 0) is 10.0 Å². The minimum atomic E-state index is -3.56. The van der Waals surface area contributed by atoms with Crippen LogP contribution in [0.1, 0.15) is 38.5 Å². The third-order valence-corrected chi connectivity index (χ3v) is 7.14. The lowest BCUT2D eigenvalue weighted by molar-refractivity contribution is 0.129. The van der Waals surface area contributed by atoms with Crippen molar-refractivity contribution in [3.05, 3.63) is 23.2 Å². The van der Waals surface area contributed by atoms with Crippen molar-refractivity contribution in [2.24, 2.45) is 5.92 Å². The first-order valence-corrected chi connectivity index (χ1v) is 9.39. The molecule has 2 aliphatic rings. The third-order valence-electron chi connectivity index (χ3n) is 4.73. The largest absolute Gasteiger partial charge is 0.399 e. The Bertz CT molecular complexity index is 631. The molecular formula is C15H21ClN2O2S. The van der Waals surface area contributed by atoms with Crippen LogP contribution < -0.4 is 5.73 Å². The summed E-state index contributed by atoms with van der Waals surface area (Å²) >= 11 is 6.11. The van der Waals surface area contributed by atoms with Crippen LogP contribution in [-0.4, -0.2) is 25.3 Å². The van der Waals surface area contributed by atoms with Crippen molar-refractivity contribution >= 4 is 27.3 Å². The van der Waals surface area contributed by atoms with Crippen LogP contribution in [0.2, 0.25) is 5.02 Å². The molecule has 1 aliphatic carbocycles. The van der Waals surface area contributed by atoms with Crippen LogP contribution in [0.3, 0.4) is 0 Å². The summed E-state index contributed by atoms with van der Waals surface area (Å²) in [6, 6.07) is 4.80. The van der Waals surface area contributed by atoms with Crippen molar-refractivity contribution in [1.29, 1.82) is 0 Å². The van der Waals surface area contributed by atoms with Crippen molar-refractivity contribution in [2.45, 2.75) is 49.5 Å². The Morgan fingerprint density at radius 3 is 2.67 bits per heavy atom. The first-order valence-electron chi connectivity index (χ1n) is 7.57. The van der Waals surface area contributed by atoms with Crippen molar-refractivity contribution in [3.63, 3.8) is 0 Å². The van der Waals surface area contributed by atoms with Gasteiger partial charge >= 0.3 is 0 Å². The van der Waals surface area contributed by atoms with Gasteiger partial charge in [0.1, 0.15) is 4.90 Å². The molecule has 6 heteroatoms. The Labute approximate surface area is 131 Å². The van der Waals surface area contributed by atoms with E-state index in [-0.39, 0.29) is 16.0 Å². The highest BCUT2D eigenvalue weighted by molar-refractivity contribution is 7.89. The predicted molar refractivity (Wildman–Crippen MR) is 84.7 cm³/mol. The zero-order valence-corrected chi connectivity index (χ0v) is 13.5. The number of nitrogens with zero attached hydrogens (tertiary/aromatic N) is 1. The number of sulfonamides is 1. The van der Waals surface area contributed by atoms with Gasteiger partial charge in [-0.25, -0.2) is 8.42 Å². The highest BCUT2D eigenvalue weighted by Gasteiger charge is 2.40. The second kappa shape index (κ2) is 5.78. The second-order valence-corrected chi connectivity index (χ2v) is 8.33. The second-order valence-electron chi connectivity index (χ2n) is 6.06. The summed E-state index contributed by atoms with van der Waals surface area (Å²) in [4.78, 5) is 0.149. The summed E-state index contributed by atoms with van der Waals surface area (Å²) in [5.74, 6) is 0.502. The van der Waals surface area contributed by atoms with Gasteiger partial charge in [-0.2, -0.15) is 4.31 Å². The fourth-order valence-corrected chi connectivity index (χ4v) is 5.99. The molecule has 0 radical (unpaired) electrons. The highest BCUT2D eigenvalue weighted by Crippen LogP contribution is 2.39. The molecule has 2 fully saturated rings. The lowest BCUT2D eigenvalue weighted by atomic mass is 9.79. The molecule has 21 heavy (non-hydrogen) atoms. The molecule has 1 saturated heterocycles. The number of nitrogens with two attached hydrogens (primary N) is 1. The van der Waals surface area contributed by atoms with E-state index in [0.29, 0.717) is 18.2 Å². The van der Waals surface area contributed by atoms with Crippen molar-refractivity contribution in [1.82, 2.24) is 4.31 Å². The molecule has 2 N–H and O–H groups in total. The molecule has 2 unspecified atom stereocenters. The minimum absolute atomic E-state index is 0.134. The number of halogens is 1. The molecule has 1 heterocycles. The molecule has 2 atom stereocenters. The summed E-state index contributed by atoms with van der Waals surface area (Å²) < 4.78 is 27.7. The third kappa shape index (κ3) is 2.79. The standard InChI is InChI=1S/C15H21ClN2O2S/c16-13-8-7-12(17)10-15(13)21(19,20)18-9-3-5-11-4-1-2-6-14(11)18/h7-8,10-11,14H,1-6,9,17H2. The molecule has 0 spiro atoms. The minimum Gasteiger partial charge on any atom is -0.399 e. The predicted octanol–water partition coefficient (Wildman–Crippen LogP) is 3.27. The monoisotopic (exact) mass is 328 g/mol. The SMILES string of the molecule is Nc1ccc(Cl)c(S(=O)(=O)N2CCCC3CCCCC32)c1. The van der Waals surface area contributed by atoms with E-state index in [2.05, 4.69) is 0 Å². The number of fused-ring (bicyclic) bond motifs is 1. The van der Waals surface area contributed by atoms with Crippen LogP contribution in [0.15, 0.2) is 23.1 Å². The van der Waals surface area contributed by atoms with Gasteiger partial charge in [0.25, 0.3) is 0 Å². The zero-order valence-electron chi connectivity index (χ0n) is 12.0. The average molecular weight is 329 g/mol. The summed E-state index contributed by atoms with van der Waals surface area (Å²) in [6.07, 6.45) is 6.50. The quantitative estimate of drug-likeness (QED) is 0.847. The first kappa shape index (κ1) is 15.1. The number of rotatable bonds is 2. The number of hydrogen-bond donors (Lipinski definition) is 1. The van der Waals surface area contributed by atoms with E-state index in [1.54, 1.807) is 16.4 Å². The molecule has 0 aromatic heterocycles. The van der Waals surface area contributed by atoms with Gasteiger partial charge in [0.2, 0.25) is 10.0 Å². The van der Waals surface area contributed by atoms with Crippen LogP contribution >= 0.6 is 11.6 Å². The van der Waals surface area contributed by atoms with Gasteiger partial charge in [-0.05, 0) is 49.8 Å². The van der Waals surface area contributed by atoms with Gasteiger partial charge in [-0.1, -0.05) is 24.4 Å². The molecule has 1 saturated carbocycles. The van der Waals surface area contributed by atoms with E-state index >= 15 is 0 Å². The zero-order chi connectivity index (χ0) is 15.0. The van der Waals surface area contributed by atoms with Crippen LogP contribution in [0.25, 0.3) is 0 Å². The number of hydrogen-bond acceptors (Lipinski definition) is 3. The Balaban J connectivity index is 1.98. The van der Waals surface area contributed by atoms with Crippen molar-refractivity contribution in [3.8, 4) is 0 Å². The van der Waals surface area contributed by atoms with E-state index in [1.165, 1.54) is 12.5 Å². The summed E-state index contributed by atoms with van der Waals surface area (Å²) in [7, 11) is -3.56. The van der Waals surface area contributed by atoms with E-state index < -0.39 is 10.0 Å². The van der Waals surface area contributed by atoms with E-state index in [0.717, 1.165) is 32.1 Å². The first-order chi connectivity index (χ1) is 10.00. The molecule has 1 aliphatic heterocycles. The highest BCUT2D eigenvalue weighted by atomic mass is 35.5. The normalized spacial score (nSPS) is 27.3. The molecule has 4 nitrogen and oxygen atoms in total. The number of nitrogen functional groups attached to an aromatic ring is 1. The fraction of sp³-hybridized carbons (Fsp3) is 0.600. The van der Waals surface area contributed by atoms with E-state index in [1.807, 2.05) is 0 Å². The fourth-order valence-electron chi connectivity index (χ4n) is 3.72. The van der Waals surface area contributed by atoms with Crippen LogP contribution in [0.4, 0.5) is 5.69 Å². The summed E-state index contributed by atoms with van der Waals surface area (Å²) in [6.45, 7) is 0.592. The summed E-state index contributed by atoms with van der Waals surface area (Å²) in [5, 5.41) is 0.252. The van der Waals surface area contributed by atoms with Crippen LogP contribution in [0, 0.1) is 5.92 Å². The Hall–Kier alpha value is -0.780. The van der Waals surface area contributed by atoms with Gasteiger partial charge in [0.05, 0.1) is 5.02 Å². The smallest absolute Gasteiger partial charge is 0.244 e. The van der Waals surface area contributed by atoms with Crippen molar-refractivity contribution in [2.75, 3.05) is 12.3 Å². The maximum absolute atomic E-state index is 13.0. The number of anilines is 1. The number of benzene rings is 1. The lowest BCUT2D eigenvalue weighted by Gasteiger charge is -2.43.